The molecule has 116 valence electrons. The van der Waals surface area contributed by atoms with E-state index in [0.717, 1.165) is 37.4 Å². The summed E-state index contributed by atoms with van der Waals surface area (Å²) >= 11 is 1.12. The summed E-state index contributed by atoms with van der Waals surface area (Å²) in [6.07, 6.45) is 2.33. The third kappa shape index (κ3) is 4.25. The molecule has 0 saturated carbocycles. The lowest BCUT2D eigenvalue weighted by molar-refractivity contribution is -0.123. The number of carbonyl (C=O) groups excluding carboxylic acids is 1. The fourth-order valence-corrected chi connectivity index (χ4v) is 3.28. The van der Waals surface area contributed by atoms with E-state index in [2.05, 4.69) is 10.3 Å². The summed E-state index contributed by atoms with van der Waals surface area (Å²) in [4.78, 5) is 27.5. The van der Waals surface area contributed by atoms with Crippen LogP contribution in [0, 0.1) is 12.8 Å². The van der Waals surface area contributed by atoms with Gasteiger partial charge >= 0.3 is 5.97 Å². The van der Waals surface area contributed by atoms with E-state index in [1.54, 1.807) is 6.92 Å². The predicted molar refractivity (Wildman–Crippen MR) is 78.5 cm³/mol. The van der Waals surface area contributed by atoms with E-state index in [1.807, 2.05) is 6.92 Å². The topological polar surface area (TPSA) is 88.5 Å². The number of carbonyl (C=O) groups is 2. The van der Waals surface area contributed by atoms with Gasteiger partial charge in [-0.3, -0.25) is 4.79 Å². The molecule has 1 aromatic heterocycles. The van der Waals surface area contributed by atoms with Crippen LogP contribution < -0.4 is 5.32 Å². The molecule has 0 spiro atoms. The fraction of sp³-hybridized carbons (Fsp3) is 0.643. The van der Waals surface area contributed by atoms with Crippen molar-refractivity contribution in [2.24, 2.45) is 5.92 Å². The van der Waals surface area contributed by atoms with Gasteiger partial charge in [0.2, 0.25) is 5.91 Å². The second-order valence-electron chi connectivity index (χ2n) is 5.32. The van der Waals surface area contributed by atoms with Crippen LogP contribution in [0.3, 0.4) is 0 Å². The highest BCUT2D eigenvalue weighted by Gasteiger charge is 2.21. The number of rotatable bonds is 5. The number of aromatic nitrogens is 1. The zero-order chi connectivity index (χ0) is 15.4. The molecule has 2 rings (SSSR count). The summed E-state index contributed by atoms with van der Waals surface area (Å²) in [5, 5.41) is 12.6. The number of carboxylic acid groups (broad SMARTS) is 1. The van der Waals surface area contributed by atoms with Gasteiger partial charge in [0, 0.05) is 19.6 Å². The zero-order valence-electron chi connectivity index (χ0n) is 12.2. The maximum Gasteiger partial charge on any atom is 0.347 e. The third-order valence-corrected chi connectivity index (χ3v) is 4.90. The first-order valence-corrected chi connectivity index (χ1v) is 7.86. The SMILES string of the molecule is Cc1nc(C(C)NC(=O)CC2CCOCC2)sc1C(=O)O. The summed E-state index contributed by atoms with van der Waals surface area (Å²) in [6, 6.07) is -0.269. The molecule has 1 aliphatic rings. The molecule has 21 heavy (non-hydrogen) atoms. The van der Waals surface area contributed by atoms with Gasteiger partial charge < -0.3 is 15.2 Å². The van der Waals surface area contributed by atoms with Crippen molar-refractivity contribution in [1.29, 1.82) is 0 Å². The molecule has 1 atom stereocenters. The Morgan fingerprint density at radius 2 is 2.14 bits per heavy atom. The quantitative estimate of drug-likeness (QED) is 0.869. The standard InChI is InChI=1S/C14H20N2O4S/c1-8-12(14(18)19)21-13(16-8)9(2)15-11(17)7-10-3-5-20-6-4-10/h9-10H,3-7H2,1-2H3,(H,15,17)(H,18,19). The lowest BCUT2D eigenvalue weighted by atomic mass is 9.96. The lowest BCUT2D eigenvalue weighted by Gasteiger charge is -2.22. The molecule has 1 aliphatic heterocycles. The van der Waals surface area contributed by atoms with E-state index < -0.39 is 5.97 Å². The number of hydrogen-bond donors (Lipinski definition) is 2. The van der Waals surface area contributed by atoms with E-state index in [-0.39, 0.29) is 16.8 Å². The van der Waals surface area contributed by atoms with Crippen molar-refractivity contribution in [2.45, 2.75) is 39.2 Å². The number of nitrogens with one attached hydrogen (secondary N) is 1. The third-order valence-electron chi connectivity index (χ3n) is 3.57. The summed E-state index contributed by atoms with van der Waals surface area (Å²) in [6.45, 7) is 4.94. The number of nitrogens with zero attached hydrogens (tertiary/aromatic N) is 1. The Balaban J connectivity index is 1.91. The number of amides is 1. The number of aryl methyl sites for hydroxylation is 1. The lowest BCUT2D eigenvalue weighted by Crippen LogP contribution is -2.30. The van der Waals surface area contributed by atoms with Gasteiger partial charge in [0.15, 0.2) is 0 Å². The predicted octanol–water partition coefficient (Wildman–Crippen LogP) is 2.14. The van der Waals surface area contributed by atoms with Crippen molar-refractivity contribution in [3.8, 4) is 0 Å². The molecule has 7 heteroatoms. The van der Waals surface area contributed by atoms with Crippen molar-refractivity contribution in [2.75, 3.05) is 13.2 Å². The minimum absolute atomic E-state index is 0.0147. The molecule has 0 aromatic carbocycles. The summed E-state index contributed by atoms with van der Waals surface area (Å²) in [7, 11) is 0. The number of carboxylic acids is 1. The maximum atomic E-state index is 12.0. The van der Waals surface area contributed by atoms with Crippen molar-refractivity contribution < 1.29 is 19.4 Å². The maximum absolute atomic E-state index is 12.0. The molecular formula is C14H20N2O4S. The van der Waals surface area contributed by atoms with E-state index in [0.29, 0.717) is 23.0 Å². The fourth-order valence-electron chi connectivity index (χ4n) is 2.38. The average molecular weight is 312 g/mol. The molecule has 6 nitrogen and oxygen atoms in total. The number of aromatic carboxylic acids is 1. The van der Waals surface area contributed by atoms with Crippen LogP contribution in [0.5, 0.6) is 0 Å². The van der Waals surface area contributed by atoms with E-state index in [1.165, 1.54) is 0 Å². The van der Waals surface area contributed by atoms with Crippen molar-refractivity contribution in [3.05, 3.63) is 15.6 Å². The molecule has 1 unspecified atom stereocenters. The molecule has 1 fully saturated rings. The molecule has 0 radical (unpaired) electrons. The molecule has 0 bridgehead atoms. The molecule has 2 heterocycles. The molecule has 1 saturated heterocycles. The van der Waals surface area contributed by atoms with Gasteiger partial charge in [0.25, 0.3) is 0 Å². The Labute approximate surface area is 127 Å². The van der Waals surface area contributed by atoms with Crippen molar-refractivity contribution >= 4 is 23.2 Å². The van der Waals surface area contributed by atoms with Gasteiger partial charge in [-0.05, 0) is 32.6 Å². The summed E-state index contributed by atoms with van der Waals surface area (Å²) < 4.78 is 5.27. The Morgan fingerprint density at radius 3 is 2.71 bits per heavy atom. The van der Waals surface area contributed by atoms with Gasteiger partial charge in [-0.15, -0.1) is 11.3 Å². The smallest absolute Gasteiger partial charge is 0.347 e. The number of thiazole rings is 1. The van der Waals surface area contributed by atoms with Gasteiger partial charge in [-0.2, -0.15) is 0 Å². The molecule has 0 aliphatic carbocycles. The van der Waals surface area contributed by atoms with E-state index in [4.69, 9.17) is 9.84 Å². The van der Waals surface area contributed by atoms with Crippen LogP contribution in [0.1, 0.15) is 52.6 Å². The van der Waals surface area contributed by atoms with Crippen LogP contribution in [0.2, 0.25) is 0 Å². The minimum Gasteiger partial charge on any atom is -0.477 e. The average Bonchev–Trinajstić information content (AvgIpc) is 2.82. The highest BCUT2D eigenvalue weighted by Crippen LogP contribution is 2.24. The highest BCUT2D eigenvalue weighted by molar-refractivity contribution is 7.13. The van der Waals surface area contributed by atoms with Crippen LogP contribution in [0.25, 0.3) is 0 Å². The Hall–Kier alpha value is -1.47. The first kappa shape index (κ1) is 15.9. The van der Waals surface area contributed by atoms with Gasteiger partial charge in [0.05, 0.1) is 11.7 Å². The Kier molecular flexibility index (Phi) is 5.30. The van der Waals surface area contributed by atoms with Crippen LogP contribution in [0.4, 0.5) is 0 Å². The van der Waals surface area contributed by atoms with Crippen LogP contribution in [-0.4, -0.2) is 35.2 Å². The second kappa shape index (κ2) is 7.00. The molecule has 1 aromatic rings. The largest absolute Gasteiger partial charge is 0.477 e. The normalized spacial score (nSPS) is 17.4. The molecular weight excluding hydrogens is 292 g/mol. The molecule has 2 N–H and O–H groups in total. The van der Waals surface area contributed by atoms with Crippen LogP contribution in [0.15, 0.2) is 0 Å². The molecule has 1 amide bonds. The first-order valence-electron chi connectivity index (χ1n) is 7.05. The van der Waals surface area contributed by atoms with Crippen molar-refractivity contribution in [1.82, 2.24) is 10.3 Å². The Morgan fingerprint density at radius 1 is 1.48 bits per heavy atom. The van der Waals surface area contributed by atoms with E-state index >= 15 is 0 Å². The minimum atomic E-state index is -0.975. The van der Waals surface area contributed by atoms with Crippen molar-refractivity contribution in [3.63, 3.8) is 0 Å². The second-order valence-corrected chi connectivity index (χ2v) is 6.35. The monoisotopic (exact) mass is 312 g/mol. The summed E-state index contributed by atoms with van der Waals surface area (Å²) in [5.74, 6) is -0.616. The highest BCUT2D eigenvalue weighted by atomic mass is 32.1. The van der Waals surface area contributed by atoms with Crippen LogP contribution >= 0.6 is 11.3 Å². The zero-order valence-corrected chi connectivity index (χ0v) is 13.0. The van der Waals surface area contributed by atoms with Gasteiger partial charge in [0.1, 0.15) is 9.88 Å². The van der Waals surface area contributed by atoms with Gasteiger partial charge in [-0.25, -0.2) is 9.78 Å². The first-order chi connectivity index (χ1) is 9.97. The number of ether oxygens (including phenoxy) is 1. The number of hydrogen-bond acceptors (Lipinski definition) is 5. The van der Waals surface area contributed by atoms with Gasteiger partial charge in [-0.1, -0.05) is 0 Å². The van der Waals surface area contributed by atoms with E-state index in [9.17, 15) is 9.59 Å². The van der Waals surface area contributed by atoms with Crippen LogP contribution in [-0.2, 0) is 9.53 Å². The summed E-state index contributed by atoms with van der Waals surface area (Å²) in [5.41, 5.74) is 0.494. The Bertz CT molecular complexity index is 523.